The molecule has 37 heavy (non-hydrogen) atoms. The Kier molecular flexibility index (Phi) is 9.00. The van der Waals surface area contributed by atoms with E-state index in [4.69, 9.17) is 11.6 Å². The number of hydrogen-bond donors (Lipinski definition) is 1. The standard InChI is InChI=1S/C30H27ClFN3O2/c31-26-12-8-23(9-13-26)18-29(36)35(21-24-10-14-27(32)15-11-24)28(17-22-5-2-1-3-6-22)30(37)34-20-25-7-4-16-33-19-25/h1-16,19,28H,17-18,20-21H2,(H,34,37)/t28-/m1/s1. The first-order chi connectivity index (χ1) is 18.0. The van der Waals surface area contributed by atoms with Gasteiger partial charge in [-0.05, 0) is 52.6 Å². The molecule has 4 rings (SSSR count). The third-order valence-electron chi connectivity index (χ3n) is 6.00. The maximum absolute atomic E-state index is 13.7. The molecule has 0 spiro atoms. The lowest BCUT2D eigenvalue weighted by Gasteiger charge is -2.31. The van der Waals surface area contributed by atoms with Crippen molar-refractivity contribution in [2.45, 2.75) is 32.0 Å². The number of rotatable bonds is 10. The van der Waals surface area contributed by atoms with Crippen LogP contribution in [0, 0.1) is 5.82 Å². The quantitative estimate of drug-likeness (QED) is 0.309. The number of halogens is 2. The third kappa shape index (κ3) is 7.72. The van der Waals surface area contributed by atoms with Gasteiger partial charge in [0.15, 0.2) is 0 Å². The van der Waals surface area contributed by atoms with Crippen LogP contribution in [0.4, 0.5) is 4.39 Å². The number of benzene rings is 3. The van der Waals surface area contributed by atoms with Gasteiger partial charge in [-0.2, -0.15) is 0 Å². The van der Waals surface area contributed by atoms with E-state index in [0.29, 0.717) is 11.4 Å². The molecule has 4 aromatic rings. The lowest BCUT2D eigenvalue weighted by molar-refractivity contribution is -0.140. The van der Waals surface area contributed by atoms with Crippen LogP contribution >= 0.6 is 11.6 Å². The zero-order chi connectivity index (χ0) is 26.0. The fourth-order valence-electron chi connectivity index (χ4n) is 4.03. The van der Waals surface area contributed by atoms with Gasteiger partial charge in [0.2, 0.25) is 11.8 Å². The van der Waals surface area contributed by atoms with Crippen LogP contribution in [-0.4, -0.2) is 27.7 Å². The summed E-state index contributed by atoms with van der Waals surface area (Å²) in [5, 5.41) is 3.55. The molecule has 0 aliphatic heterocycles. The molecule has 0 radical (unpaired) electrons. The van der Waals surface area contributed by atoms with E-state index in [-0.39, 0.29) is 37.1 Å². The van der Waals surface area contributed by atoms with E-state index in [1.165, 1.54) is 12.1 Å². The molecule has 1 aromatic heterocycles. The Morgan fingerprint density at radius 2 is 1.51 bits per heavy atom. The zero-order valence-electron chi connectivity index (χ0n) is 20.2. The van der Waals surface area contributed by atoms with Crippen LogP contribution in [0.2, 0.25) is 5.02 Å². The van der Waals surface area contributed by atoms with Crippen LogP contribution in [0.15, 0.2) is 103 Å². The number of nitrogens with one attached hydrogen (secondary N) is 1. The van der Waals surface area contributed by atoms with Gasteiger partial charge < -0.3 is 10.2 Å². The van der Waals surface area contributed by atoms with Gasteiger partial charge in [0, 0.05) is 36.9 Å². The lowest BCUT2D eigenvalue weighted by Crippen LogP contribution is -2.50. The molecule has 2 amide bonds. The molecule has 0 bridgehead atoms. The molecular formula is C30H27ClFN3O2. The number of nitrogens with zero attached hydrogens (tertiary/aromatic N) is 2. The topological polar surface area (TPSA) is 62.3 Å². The number of hydrogen-bond acceptors (Lipinski definition) is 3. The minimum atomic E-state index is -0.788. The molecule has 188 valence electrons. The van der Waals surface area contributed by atoms with Gasteiger partial charge in [0.1, 0.15) is 11.9 Å². The van der Waals surface area contributed by atoms with E-state index >= 15 is 0 Å². The van der Waals surface area contributed by atoms with Crippen molar-refractivity contribution in [2.24, 2.45) is 0 Å². The molecule has 1 N–H and O–H groups in total. The summed E-state index contributed by atoms with van der Waals surface area (Å²) in [5.41, 5.74) is 3.29. The summed E-state index contributed by atoms with van der Waals surface area (Å²) in [6.07, 6.45) is 3.78. The smallest absolute Gasteiger partial charge is 0.243 e. The summed E-state index contributed by atoms with van der Waals surface area (Å²) in [6.45, 7) is 0.443. The monoisotopic (exact) mass is 515 g/mol. The average Bonchev–Trinajstić information content (AvgIpc) is 2.92. The molecule has 1 atom stereocenters. The van der Waals surface area contributed by atoms with Crippen LogP contribution in [0.25, 0.3) is 0 Å². The summed E-state index contributed by atoms with van der Waals surface area (Å²) in [5.74, 6) is -0.860. The molecule has 0 saturated heterocycles. The second kappa shape index (κ2) is 12.8. The normalized spacial score (nSPS) is 11.5. The van der Waals surface area contributed by atoms with Crippen molar-refractivity contribution >= 4 is 23.4 Å². The maximum Gasteiger partial charge on any atom is 0.243 e. The van der Waals surface area contributed by atoms with Gasteiger partial charge in [0.05, 0.1) is 6.42 Å². The summed E-state index contributed by atoms with van der Waals surface area (Å²) in [7, 11) is 0. The van der Waals surface area contributed by atoms with Gasteiger partial charge in [0.25, 0.3) is 0 Å². The lowest BCUT2D eigenvalue weighted by atomic mass is 10.0. The van der Waals surface area contributed by atoms with E-state index in [2.05, 4.69) is 10.3 Å². The number of aromatic nitrogens is 1. The first kappa shape index (κ1) is 26.0. The molecule has 0 saturated carbocycles. The molecule has 3 aromatic carbocycles. The molecule has 0 unspecified atom stereocenters. The minimum Gasteiger partial charge on any atom is -0.350 e. The molecule has 1 heterocycles. The highest BCUT2D eigenvalue weighted by atomic mass is 35.5. The largest absolute Gasteiger partial charge is 0.350 e. The molecule has 0 aliphatic carbocycles. The van der Waals surface area contributed by atoms with Crippen LogP contribution in [0.1, 0.15) is 22.3 Å². The fourth-order valence-corrected chi connectivity index (χ4v) is 4.15. The molecular weight excluding hydrogens is 489 g/mol. The highest BCUT2D eigenvalue weighted by Crippen LogP contribution is 2.18. The SMILES string of the molecule is O=C(NCc1cccnc1)[C@@H](Cc1ccccc1)N(Cc1ccc(F)cc1)C(=O)Cc1ccc(Cl)cc1. The van der Waals surface area contributed by atoms with Crippen molar-refractivity contribution in [2.75, 3.05) is 0 Å². The van der Waals surface area contributed by atoms with Gasteiger partial charge in [-0.15, -0.1) is 0 Å². The van der Waals surface area contributed by atoms with Crippen molar-refractivity contribution in [1.29, 1.82) is 0 Å². The zero-order valence-corrected chi connectivity index (χ0v) is 20.9. The summed E-state index contributed by atoms with van der Waals surface area (Å²) in [4.78, 5) is 33.0. The molecule has 5 nitrogen and oxygen atoms in total. The molecule has 7 heteroatoms. The Balaban J connectivity index is 1.64. The molecule has 0 aliphatic rings. The Labute approximate surface area is 220 Å². The first-order valence-electron chi connectivity index (χ1n) is 12.0. The van der Waals surface area contributed by atoms with Crippen molar-refractivity contribution in [3.8, 4) is 0 Å². The summed E-state index contributed by atoms with van der Waals surface area (Å²) < 4.78 is 13.6. The van der Waals surface area contributed by atoms with Crippen LogP contribution in [-0.2, 0) is 35.5 Å². The van der Waals surface area contributed by atoms with E-state index in [0.717, 1.165) is 22.3 Å². The predicted molar refractivity (Wildman–Crippen MR) is 142 cm³/mol. The van der Waals surface area contributed by atoms with Gasteiger partial charge in [-0.25, -0.2) is 4.39 Å². The number of carbonyl (C=O) groups excluding carboxylic acids is 2. The van der Waals surface area contributed by atoms with Crippen LogP contribution in [0.5, 0.6) is 0 Å². The first-order valence-corrected chi connectivity index (χ1v) is 12.3. The Hall–Kier alpha value is -4.03. The average molecular weight is 516 g/mol. The second-order valence-electron chi connectivity index (χ2n) is 8.74. The van der Waals surface area contributed by atoms with E-state index in [9.17, 15) is 14.0 Å². The Bertz CT molecular complexity index is 1300. The Morgan fingerprint density at radius 1 is 0.838 bits per heavy atom. The summed E-state index contributed by atoms with van der Waals surface area (Å²) >= 11 is 6.02. The number of pyridine rings is 1. The number of carbonyl (C=O) groups is 2. The Morgan fingerprint density at radius 3 is 2.19 bits per heavy atom. The van der Waals surface area contributed by atoms with Crippen LogP contribution in [0.3, 0.4) is 0 Å². The van der Waals surface area contributed by atoms with Crippen molar-refractivity contribution in [3.05, 3.63) is 136 Å². The van der Waals surface area contributed by atoms with E-state index < -0.39 is 6.04 Å². The minimum absolute atomic E-state index is 0.0968. The maximum atomic E-state index is 13.7. The predicted octanol–water partition coefficient (Wildman–Crippen LogP) is 5.37. The second-order valence-corrected chi connectivity index (χ2v) is 9.17. The molecule has 0 fully saturated rings. The van der Waals surface area contributed by atoms with Crippen molar-refractivity contribution < 1.29 is 14.0 Å². The van der Waals surface area contributed by atoms with Crippen LogP contribution < -0.4 is 5.32 Å². The van der Waals surface area contributed by atoms with Gasteiger partial charge in [-0.1, -0.05) is 72.3 Å². The van der Waals surface area contributed by atoms with Crippen molar-refractivity contribution in [3.63, 3.8) is 0 Å². The van der Waals surface area contributed by atoms with Crippen molar-refractivity contribution in [1.82, 2.24) is 15.2 Å². The highest BCUT2D eigenvalue weighted by molar-refractivity contribution is 6.30. The summed E-state index contributed by atoms with van der Waals surface area (Å²) in [6, 6.07) is 25.5. The third-order valence-corrected chi connectivity index (χ3v) is 6.25. The number of amides is 2. The van der Waals surface area contributed by atoms with E-state index in [1.54, 1.807) is 59.8 Å². The highest BCUT2D eigenvalue weighted by Gasteiger charge is 2.30. The fraction of sp³-hybridized carbons (Fsp3) is 0.167. The van der Waals surface area contributed by atoms with E-state index in [1.807, 2.05) is 36.4 Å². The van der Waals surface area contributed by atoms with Gasteiger partial charge in [-0.3, -0.25) is 14.6 Å². The van der Waals surface area contributed by atoms with Gasteiger partial charge >= 0.3 is 0 Å².